The Bertz CT molecular complexity index is 154. The number of thioether (sulfide) groups is 2. The van der Waals surface area contributed by atoms with Crippen LogP contribution in [0.1, 0.15) is 6.42 Å². The van der Waals surface area contributed by atoms with E-state index in [4.69, 9.17) is 0 Å². The van der Waals surface area contributed by atoms with Crippen molar-refractivity contribution in [3.8, 4) is 0 Å². The quantitative estimate of drug-likeness (QED) is 0.613. The molecule has 0 aliphatic heterocycles. The van der Waals surface area contributed by atoms with Gasteiger partial charge in [-0.25, -0.2) is 0 Å². The Hall–Kier alpha value is -0.220. The van der Waals surface area contributed by atoms with Gasteiger partial charge in [-0.15, -0.1) is 0 Å². The molecular formula is C6H8O2S2. The van der Waals surface area contributed by atoms with E-state index in [2.05, 4.69) is 6.58 Å². The van der Waals surface area contributed by atoms with E-state index < -0.39 is 0 Å². The Kier molecular flexibility index (Phi) is 5.43. The van der Waals surface area contributed by atoms with Crippen LogP contribution in [0.5, 0.6) is 0 Å². The van der Waals surface area contributed by atoms with Gasteiger partial charge in [0.1, 0.15) is 0 Å². The molecule has 56 valence electrons. The van der Waals surface area contributed by atoms with Crippen LogP contribution in [0.25, 0.3) is 0 Å². The molecule has 0 aliphatic carbocycles. The third kappa shape index (κ3) is 4.64. The van der Waals surface area contributed by atoms with Crippen molar-refractivity contribution >= 4 is 33.8 Å². The summed E-state index contributed by atoms with van der Waals surface area (Å²) in [7, 11) is 0. The predicted molar refractivity (Wildman–Crippen MR) is 45.9 cm³/mol. The SMILES string of the molecule is C=CSC(=O)CC(=O)SC. The number of carbonyl (C=O) groups is 2. The van der Waals surface area contributed by atoms with Gasteiger partial charge in [0, 0.05) is 0 Å². The maximum absolute atomic E-state index is 10.7. The summed E-state index contributed by atoms with van der Waals surface area (Å²) in [5, 5.41) is 1.18. The highest BCUT2D eigenvalue weighted by Crippen LogP contribution is 2.09. The monoisotopic (exact) mass is 176 g/mol. The number of hydrogen-bond donors (Lipinski definition) is 0. The second kappa shape index (κ2) is 5.56. The lowest BCUT2D eigenvalue weighted by Crippen LogP contribution is -1.98. The van der Waals surface area contributed by atoms with Crippen LogP contribution in [-0.4, -0.2) is 16.5 Å². The summed E-state index contributed by atoms with van der Waals surface area (Å²) in [6, 6.07) is 0. The lowest BCUT2D eigenvalue weighted by Gasteiger charge is -1.91. The Morgan fingerprint density at radius 1 is 1.50 bits per heavy atom. The highest BCUT2D eigenvalue weighted by atomic mass is 32.2. The van der Waals surface area contributed by atoms with Crippen molar-refractivity contribution in [3.05, 3.63) is 12.0 Å². The van der Waals surface area contributed by atoms with E-state index in [9.17, 15) is 9.59 Å². The number of carbonyl (C=O) groups excluding carboxylic acids is 2. The molecule has 2 nitrogen and oxygen atoms in total. The Labute approximate surface area is 68.4 Å². The summed E-state index contributed by atoms with van der Waals surface area (Å²) in [4.78, 5) is 21.3. The van der Waals surface area contributed by atoms with Crippen molar-refractivity contribution in [1.82, 2.24) is 0 Å². The molecule has 0 spiro atoms. The zero-order valence-corrected chi connectivity index (χ0v) is 7.26. The van der Waals surface area contributed by atoms with Crippen molar-refractivity contribution < 1.29 is 9.59 Å². The molecule has 0 saturated carbocycles. The molecule has 0 saturated heterocycles. The fraction of sp³-hybridized carbons (Fsp3) is 0.333. The molecule has 0 heterocycles. The normalized spacial score (nSPS) is 8.90. The maximum Gasteiger partial charge on any atom is 0.201 e. The van der Waals surface area contributed by atoms with Crippen LogP contribution in [0.15, 0.2) is 12.0 Å². The third-order valence-corrected chi connectivity index (χ3v) is 1.90. The zero-order chi connectivity index (χ0) is 7.98. The molecule has 0 amide bonds. The smallest absolute Gasteiger partial charge is 0.201 e. The molecule has 0 rings (SSSR count). The van der Waals surface area contributed by atoms with Crippen LogP contribution in [0.2, 0.25) is 0 Å². The van der Waals surface area contributed by atoms with Gasteiger partial charge in [0.05, 0.1) is 6.42 Å². The fourth-order valence-electron chi connectivity index (χ4n) is 0.325. The van der Waals surface area contributed by atoms with Crippen molar-refractivity contribution in [1.29, 1.82) is 0 Å². The van der Waals surface area contributed by atoms with Crippen LogP contribution in [0.3, 0.4) is 0 Å². The van der Waals surface area contributed by atoms with Crippen LogP contribution in [0, 0.1) is 0 Å². The topological polar surface area (TPSA) is 34.1 Å². The van der Waals surface area contributed by atoms with E-state index in [0.717, 1.165) is 23.5 Å². The van der Waals surface area contributed by atoms with Gasteiger partial charge in [0.2, 0.25) is 5.12 Å². The fourth-order valence-corrected chi connectivity index (χ4v) is 1.09. The summed E-state index contributed by atoms with van der Waals surface area (Å²) in [6.07, 6.45) is 1.66. The van der Waals surface area contributed by atoms with Crippen LogP contribution in [-0.2, 0) is 9.59 Å². The standard InChI is InChI=1S/C6H8O2S2/c1-3-10-6(8)4-5(7)9-2/h3H,1,4H2,2H3. The van der Waals surface area contributed by atoms with Crippen molar-refractivity contribution in [2.45, 2.75) is 6.42 Å². The average Bonchev–Trinajstić information content (AvgIpc) is 1.88. The van der Waals surface area contributed by atoms with E-state index in [1.54, 1.807) is 6.26 Å². The van der Waals surface area contributed by atoms with Gasteiger partial charge in [-0.2, -0.15) is 0 Å². The average molecular weight is 176 g/mol. The minimum Gasteiger partial charge on any atom is -0.287 e. The van der Waals surface area contributed by atoms with E-state index in [1.165, 1.54) is 5.41 Å². The molecule has 0 bridgehead atoms. The second-order valence-corrected chi connectivity index (χ2v) is 3.30. The van der Waals surface area contributed by atoms with Gasteiger partial charge in [-0.1, -0.05) is 30.1 Å². The first-order chi connectivity index (χ1) is 4.70. The van der Waals surface area contributed by atoms with Crippen molar-refractivity contribution in [2.75, 3.05) is 6.26 Å². The Morgan fingerprint density at radius 2 is 2.10 bits per heavy atom. The van der Waals surface area contributed by atoms with Gasteiger partial charge >= 0.3 is 0 Å². The lowest BCUT2D eigenvalue weighted by atomic mass is 10.5. The minimum absolute atomic E-state index is 0.00213. The van der Waals surface area contributed by atoms with Crippen molar-refractivity contribution in [3.63, 3.8) is 0 Å². The largest absolute Gasteiger partial charge is 0.287 e. The van der Waals surface area contributed by atoms with E-state index in [0.29, 0.717) is 0 Å². The Morgan fingerprint density at radius 3 is 2.50 bits per heavy atom. The first-order valence-corrected chi connectivity index (χ1v) is 4.68. The summed E-state index contributed by atoms with van der Waals surface area (Å²) in [5.74, 6) is 0. The summed E-state index contributed by atoms with van der Waals surface area (Å²) < 4.78 is 0. The number of rotatable bonds is 3. The molecule has 0 N–H and O–H groups in total. The van der Waals surface area contributed by atoms with E-state index in [1.807, 2.05) is 0 Å². The molecule has 0 aromatic rings. The first-order valence-electron chi connectivity index (χ1n) is 2.58. The molecule has 0 aromatic carbocycles. The van der Waals surface area contributed by atoms with Crippen molar-refractivity contribution in [2.24, 2.45) is 0 Å². The predicted octanol–water partition coefficient (Wildman–Crippen LogP) is 1.67. The molecule has 0 unspecified atom stereocenters. The minimum atomic E-state index is -0.144. The summed E-state index contributed by atoms with van der Waals surface area (Å²) >= 11 is 2.04. The highest BCUT2D eigenvalue weighted by molar-refractivity contribution is 8.17. The molecule has 0 aliphatic rings. The number of hydrogen-bond acceptors (Lipinski definition) is 4. The van der Waals surface area contributed by atoms with Gasteiger partial charge in [-0.05, 0) is 11.7 Å². The second-order valence-electron chi connectivity index (χ2n) is 1.41. The molecule has 0 radical (unpaired) electrons. The zero-order valence-electron chi connectivity index (χ0n) is 5.62. The lowest BCUT2D eigenvalue weighted by molar-refractivity contribution is -0.117. The van der Waals surface area contributed by atoms with Gasteiger partial charge in [-0.3, -0.25) is 9.59 Å². The summed E-state index contributed by atoms with van der Waals surface area (Å²) in [5.41, 5.74) is 0. The molecule has 10 heavy (non-hydrogen) atoms. The van der Waals surface area contributed by atoms with Crippen LogP contribution < -0.4 is 0 Å². The first kappa shape index (κ1) is 9.78. The molecule has 0 aromatic heterocycles. The Balaban J connectivity index is 3.57. The molecule has 0 atom stereocenters. The van der Waals surface area contributed by atoms with Gasteiger partial charge in [0.15, 0.2) is 5.12 Å². The van der Waals surface area contributed by atoms with Gasteiger partial charge in [0.25, 0.3) is 0 Å². The molecular weight excluding hydrogens is 168 g/mol. The van der Waals surface area contributed by atoms with Crippen LogP contribution >= 0.6 is 23.5 Å². The van der Waals surface area contributed by atoms with E-state index in [-0.39, 0.29) is 16.7 Å². The third-order valence-electron chi connectivity index (χ3n) is 0.731. The summed E-state index contributed by atoms with van der Waals surface area (Å²) in [6.45, 7) is 3.36. The maximum atomic E-state index is 10.7. The molecule has 4 heteroatoms. The highest BCUT2D eigenvalue weighted by Gasteiger charge is 2.06. The van der Waals surface area contributed by atoms with Crippen LogP contribution in [0.4, 0.5) is 0 Å². The van der Waals surface area contributed by atoms with E-state index >= 15 is 0 Å². The van der Waals surface area contributed by atoms with Gasteiger partial charge < -0.3 is 0 Å². The molecule has 0 fully saturated rings.